The number of benzene rings is 2. The van der Waals surface area contributed by atoms with Crippen LogP contribution in [0.15, 0.2) is 72.3 Å². The van der Waals surface area contributed by atoms with Gasteiger partial charge in [0.05, 0.1) is 16.6 Å². The molecule has 38 heavy (non-hydrogen) atoms. The average Bonchev–Trinajstić information content (AvgIpc) is 2.93. The molecule has 0 saturated carbocycles. The molecule has 0 bridgehead atoms. The van der Waals surface area contributed by atoms with E-state index < -0.39 is 12.2 Å². The van der Waals surface area contributed by atoms with Crippen LogP contribution in [0.25, 0.3) is 0 Å². The molecule has 198 valence electrons. The molecule has 1 aliphatic carbocycles. The van der Waals surface area contributed by atoms with Crippen molar-refractivity contribution in [2.24, 2.45) is 0 Å². The Morgan fingerprint density at radius 3 is 2.55 bits per heavy atom. The molecule has 2 heterocycles. The molecule has 9 heteroatoms. The highest BCUT2D eigenvalue weighted by Crippen LogP contribution is 2.31. The van der Waals surface area contributed by atoms with Crippen molar-refractivity contribution in [2.45, 2.75) is 51.0 Å². The lowest BCUT2D eigenvalue weighted by atomic mass is 9.94. The molecule has 3 aliphatic rings. The first-order valence-electron chi connectivity index (χ1n) is 12.9. The van der Waals surface area contributed by atoms with Gasteiger partial charge in [-0.05, 0) is 41.7 Å². The topological polar surface area (TPSA) is 73.0 Å². The number of carbonyl (C=O) groups excluding carboxylic acids is 3. The van der Waals surface area contributed by atoms with E-state index in [4.69, 9.17) is 23.2 Å². The quantitative estimate of drug-likeness (QED) is 0.539. The van der Waals surface area contributed by atoms with Crippen molar-refractivity contribution in [3.63, 3.8) is 0 Å². The zero-order valence-electron chi connectivity index (χ0n) is 21.0. The maximum Gasteiger partial charge on any atom is 0.319 e. The normalized spacial score (nSPS) is 21.3. The fourth-order valence-corrected chi connectivity index (χ4v) is 5.66. The van der Waals surface area contributed by atoms with Crippen molar-refractivity contribution < 1.29 is 14.4 Å². The smallest absolute Gasteiger partial charge is 0.319 e. The van der Waals surface area contributed by atoms with Crippen LogP contribution in [0.3, 0.4) is 0 Å². The zero-order chi connectivity index (χ0) is 26.6. The number of nitrogens with zero attached hydrogens (tertiary/aromatic N) is 3. The van der Waals surface area contributed by atoms with Gasteiger partial charge in [0.1, 0.15) is 12.2 Å². The van der Waals surface area contributed by atoms with E-state index in [1.54, 1.807) is 26.8 Å². The molecule has 0 unspecified atom stereocenters. The molecule has 0 spiro atoms. The lowest BCUT2D eigenvalue weighted by Crippen LogP contribution is -2.71. The molecule has 5 rings (SSSR count). The second kappa shape index (κ2) is 11.6. The predicted octanol–water partition coefficient (Wildman–Crippen LogP) is 5.14. The first-order chi connectivity index (χ1) is 18.4. The van der Waals surface area contributed by atoms with Gasteiger partial charge in [-0.2, -0.15) is 0 Å². The Balaban J connectivity index is 1.42. The third-order valence-electron chi connectivity index (χ3n) is 7.26. The summed E-state index contributed by atoms with van der Waals surface area (Å²) in [6.07, 6.45) is 8.15. The Hall–Kier alpha value is -3.29. The van der Waals surface area contributed by atoms with Crippen LogP contribution in [0.5, 0.6) is 0 Å². The number of allylic oxidation sites excluding steroid dienone is 3. The van der Waals surface area contributed by atoms with E-state index in [9.17, 15) is 14.4 Å². The van der Waals surface area contributed by atoms with Crippen molar-refractivity contribution in [1.82, 2.24) is 20.0 Å². The summed E-state index contributed by atoms with van der Waals surface area (Å²) in [6, 6.07) is 14.0. The molecule has 1 N–H and O–H groups in total. The third-order valence-corrected chi connectivity index (χ3v) is 8.00. The summed E-state index contributed by atoms with van der Waals surface area (Å²) in [5.41, 5.74) is 2.85. The molecular weight excluding hydrogens is 523 g/mol. The number of nitrogens with one attached hydrogen (secondary N) is 1. The molecule has 4 amide bonds. The van der Waals surface area contributed by atoms with Crippen LogP contribution >= 0.6 is 23.2 Å². The van der Waals surface area contributed by atoms with Gasteiger partial charge in [-0.15, -0.1) is 0 Å². The second-order valence-corrected chi connectivity index (χ2v) is 10.6. The summed E-state index contributed by atoms with van der Waals surface area (Å²) in [5.74, 6) is -0.234. The van der Waals surface area contributed by atoms with Crippen molar-refractivity contribution >= 4 is 41.0 Å². The van der Waals surface area contributed by atoms with Crippen LogP contribution in [-0.2, 0) is 22.7 Å². The first kappa shape index (κ1) is 26.3. The number of halogens is 2. The monoisotopic (exact) mass is 552 g/mol. The maximum atomic E-state index is 13.8. The molecule has 2 aromatic carbocycles. The molecule has 2 fully saturated rings. The highest BCUT2D eigenvalue weighted by molar-refractivity contribution is 6.42. The number of amides is 4. The van der Waals surface area contributed by atoms with Crippen molar-refractivity contribution in [3.05, 3.63) is 93.5 Å². The minimum atomic E-state index is -0.692. The number of piperazine rings is 1. The summed E-state index contributed by atoms with van der Waals surface area (Å²) in [4.78, 5) is 45.5. The van der Waals surface area contributed by atoms with E-state index in [2.05, 4.69) is 17.5 Å². The third kappa shape index (κ3) is 5.74. The van der Waals surface area contributed by atoms with Crippen LogP contribution < -0.4 is 5.32 Å². The van der Waals surface area contributed by atoms with Crippen LogP contribution in [0, 0.1) is 0 Å². The number of rotatable bonds is 6. The van der Waals surface area contributed by atoms with Gasteiger partial charge in [-0.3, -0.25) is 9.59 Å². The Morgan fingerprint density at radius 1 is 1.00 bits per heavy atom. The second-order valence-electron chi connectivity index (χ2n) is 9.82. The first-order valence-corrected chi connectivity index (χ1v) is 13.6. The molecular formula is C29H30Cl2N4O3. The van der Waals surface area contributed by atoms with Gasteiger partial charge in [-0.25, -0.2) is 4.79 Å². The van der Waals surface area contributed by atoms with Crippen molar-refractivity contribution in [3.8, 4) is 0 Å². The summed E-state index contributed by atoms with van der Waals surface area (Å²) in [5, 5.41) is 3.85. The Bertz CT molecular complexity index is 1280. The minimum Gasteiger partial charge on any atom is -0.334 e. The number of urea groups is 1. The molecule has 0 radical (unpaired) electrons. The minimum absolute atomic E-state index is 0.102. The van der Waals surface area contributed by atoms with E-state index >= 15 is 0 Å². The van der Waals surface area contributed by atoms with Crippen molar-refractivity contribution in [1.29, 1.82) is 0 Å². The fourth-order valence-electron chi connectivity index (χ4n) is 5.34. The summed E-state index contributed by atoms with van der Waals surface area (Å²) < 4.78 is 0. The SMILES string of the molecule is O=C1[C@H](CC2=CCCC=C2)N2C(=O)CCN(C(=O)NCc3ccccc3)[C@H]2CN1Cc1ccc(Cl)c(Cl)c1. The van der Waals surface area contributed by atoms with E-state index in [0.717, 1.165) is 29.5 Å². The largest absolute Gasteiger partial charge is 0.334 e. The Kier molecular flexibility index (Phi) is 8.05. The molecule has 2 atom stereocenters. The zero-order valence-corrected chi connectivity index (χ0v) is 22.5. The van der Waals surface area contributed by atoms with Gasteiger partial charge in [0.2, 0.25) is 11.8 Å². The fraction of sp³-hybridized carbons (Fsp3) is 0.345. The van der Waals surface area contributed by atoms with Gasteiger partial charge in [0.15, 0.2) is 0 Å². The Labute approximate surface area is 232 Å². The number of hydrogen-bond acceptors (Lipinski definition) is 3. The Morgan fingerprint density at radius 2 is 1.82 bits per heavy atom. The lowest BCUT2D eigenvalue weighted by molar-refractivity contribution is -0.167. The predicted molar refractivity (Wildman–Crippen MR) is 147 cm³/mol. The molecule has 7 nitrogen and oxygen atoms in total. The van der Waals surface area contributed by atoms with Gasteiger partial charge in [0.25, 0.3) is 0 Å². The van der Waals surface area contributed by atoms with Gasteiger partial charge >= 0.3 is 6.03 Å². The van der Waals surface area contributed by atoms with E-state index in [-0.39, 0.29) is 30.8 Å². The molecule has 2 aromatic rings. The maximum absolute atomic E-state index is 13.8. The summed E-state index contributed by atoms with van der Waals surface area (Å²) in [6.45, 7) is 1.20. The van der Waals surface area contributed by atoms with Crippen LogP contribution in [-0.4, -0.2) is 57.8 Å². The highest BCUT2D eigenvalue weighted by atomic mass is 35.5. The van der Waals surface area contributed by atoms with E-state index in [1.807, 2.05) is 42.5 Å². The number of hydrogen-bond donors (Lipinski definition) is 1. The van der Waals surface area contributed by atoms with Gasteiger partial charge < -0.3 is 20.0 Å². The molecule has 2 saturated heterocycles. The molecule has 2 aliphatic heterocycles. The van der Waals surface area contributed by atoms with E-state index in [0.29, 0.717) is 36.1 Å². The van der Waals surface area contributed by atoms with Crippen LogP contribution in [0.1, 0.15) is 36.8 Å². The van der Waals surface area contributed by atoms with Gasteiger partial charge in [-0.1, -0.05) is 77.8 Å². The average molecular weight is 553 g/mol. The number of fused-ring (bicyclic) bond motifs is 1. The standard InChI is InChI=1S/C29H30Cl2N4O3/c30-23-12-11-22(15-24(23)31)18-33-19-26-34(29(38)32-17-21-9-5-2-6-10-21)14-13-27(36)35(26)25(28(33)37)16-20-7-3-1-4-8-20/h2-3,5-12,15,25-26H,1,4,13-14,16-19H2,(H,32,38)/t25-,26+/m0/s1. The van der Waals surface area contributed by atoms with Crippen molar-refractivity contribution in [2.75, 3.05) is 13.1 Å². The number of carbonyl (C=O) groups is 3. The summed E-state index contributed by atoms with van der Waals surface area (Å²) >= 11 is 12.3. The molecule has 0 aromatic heterocycles. The highest BCUT2D eigenvalue weighted by Gasteiger charge is 2.48. The van der Waals surface area contributed by atoms with Crippen LogP contribution in [0.4, 0.5) is 4.79 Å². The van der Waals surface area contributed by atoms with Crippen LogP contribution in [0.2, 0.25) is 10.0 Å². The summed E-state index contributed by atoms with van der Waals surface area (Å²) in [7, 11) is 0. The van der Waals surface area contributed by atoms with Gasteiger partial charge in [0, 0.05) is 32.5 Å². The lowest BCUT2D eigenvalue weighted by Gasteiger charge is -2.52. The van der Waals surface area contributed by atoms with E-state index in [1.165, 1.54) is 0 Å².